The van der Waals surface area contributed by atoms with Gasteiger partial charge in [0.1, 0.15) is 5.57 Å². The predicted molar refractivity (Wildman–Crippen MR) is 61.5 cm³/mol. The Morgan fingerprint density at radius 1 is 1.29 bits per heavy atom. The van der Waals surface area contributed by atoms with E-state index in [4.69, 9.17) is 9.84 Å². The van der Waals surface area contributed by atoms with E-state index in [0.29, 0.717) is 18.9 Å². The quantitative estimate of drug-likeness (QED) is 0.318. The number of carboxylic acid groups (broad SMARTS) is 1. The van der Waals surface area contributed by atoms with Crippen LogP contribution in [-0.4, -0.2) is 28.9 Å². The Balaban J connectivity index is 4.87. The van der Waals surface area contributed by atoms with Crippen molar-refractivity contribution in [2.75, 3.05) is 0 Å². The minimum Gasteiger partial charge on any atom is -0.478 e. The standard InChI is InChI=1S/C12H18O5/c1-4-6-10(13)9(7-11(14)15)12(16)17-8(3)5-2/h7-8H,4-6H2,1-3H3,(H,14,15). The molecular weight excluding hydrogens is 224 g/mol. The van der Waals surface area contributed by atoms with Crippen molar-refractivity contribution < 1.29 is 24.2 Å². The summed E-state index contributed by atoms with van der Waals surface area (Å²) >= 11 is 0. The first kappa shape index (κ1) is 15.3. The van der Waals surface area contributed by atoms with Crippen molar-refractivity contribution in [2.24, 2.45) is 0 Å². The number of carboxylic acids is 1. The highest BCUT2D eigenvalue weighted by Crippen LogP contribution is 2.08. The van der Waals surface area contributed by atoms with E-state index < -0.39 is 17.7 Å². The van der Waals surface area contributed by atoms with Gasteiger partial charge in [-0.2, -0.15) is 0 Å². The van der Waals surface area contributed by atoms with E-state index >= 15 is 0 Å². The molecule has 0 rings (SSSR count). The Morgan fingerprint density at radius 3 is 2.29 bits per heavy atom. The molecule has 0 saturated carbocycles. The van der Waals surface area contributed by atoms with Gasteiger partial charge in [0, 0.05) is 12.5 Å². The number of hydrogen-bond acceptors (Lipinski definition) is 4. The molecular formula is C12H18O5. The molecule has 0 bridgehead atoms. The molecule has 0 heterocycles. The van der Waals surface area contributed by atoms with E-state index in [0.717, 1.165) is 0 Å². The van der Waals surface area contributed by atoms with Crippen LogP contribution in [0.1, 0.15) is 40.0 Å². The summed E-state index contributed by atoms with van der Waals surface area (Å²) < 4.78 is 4.94. The average Bonchev–Trinajstić information content (AvgIpc) is 2.25. The first-order valence-electron chi connectivity index (χ1n) is 5.61. The van der Waals surface area contributed by atoms with Crippen molar-refractivity contribution in [3.63, 3.8) is 0 Å². The fraction of sp³-hybridized carbons (Fsp3) is 0.583. The van der Waals surface area contributed by atoms with Crippen LogP contribution in [-0.2, 0) is 19.1 Å². The number of aliphatic carboxylic acids is 1. The van der Waals surface area contributed by atoms with Gasteiger partial charge in [-0.15, -0.1) is 0 Å². The first-order chi connectivity index (χ1) is 7.92. The summed E-state index contributed by atoms with van der Waals surface area (Å²) in [6, 6.07) is 0. The number of ether oxygens (including phenoxy) is 1. The maximum absolute atomic E-state index is 11.6. The van der Waals surface area contributed by atoms with Crippen molar-refractivity contribution in [1.82, 2.24) is 0 Å². The number of ketones is 1. The molecule has 0 aliphatic heterocycles. The van der Waals surface area contributed by atoms with Gasteiger partial charge in [0.25, 0.3) is 0 Å². The number of hydrogen-bond donors (Lipinski definition) is 1. The smallest absolute Gasteiger partial charge is 0.342 e. The number of esters is 1. The third kappa shape index (κ3) is 5.85. The van der Waals surface area contributed by atoms with Crippen molar-refractivity contribution >= 4 is 17.7 Å². The fourth-order valence-corrected chi connectivity index (χ4v) is 1.07. The van der Waals surface area contributed by atoms with Gasteiger partial charge in [0.2, 0.25) is 0 Å². The van der Waals surface area contributed by atoms with Crippen LogP contribution in [0.25, 0.3) is 0 Å². The van der Waals surface area contributed by atoms with Crippen molar-refractivity contribution in [1.29, 1.82) is 0 Å². The summed E-state index contributed by atoms with van der Waals surface area (Å²) in [6.07, 6.45) is 1.56. The van der Waals surface area contributed by atoms with Gasteiger partial charge in [-0.05, 0) is 19.8 Å². The monoisotopic (exact) mass is 242 g/mol. The predicted octanol–water partition coefficient (Wildman–Crippen LogP) is 1.71. The largest absolute Gasteiger partial charge is 0.478 e. The van der Waals surface area contributed by atoms with Gasteiger partial charge in [0.15, 0.2) is 5.78 Å². The molecule has 0 aliphatic rings. The number of Topliss-reactive ketones (excluding diaryl/α,β-unsaturated/α-hetero) is 1. The van der Waals surface area contributed by atoms with Gasteiger partial charge < -0.3 is 9.84 Å². The minimum absolute atomic E-state index is 0.134. The normalized spacial score (nSPS) is 13.0. The number of carbonyl (C=O) groups excluding carboxylic acids is 2. The number of carbonyl (C=O) groups is 3. The van der Waals surface area contributed by atoms with Gasteiger partial charge in [0.05, 0.1) is 6.10 Å². The molecule has 0 saturated heterocycles. The molecule has 17 heavy (non-hydrogen) atoms. The molecule has 0 aromatic heterocycles. The molecule has 0 aromatic carbocycles. The molecule has 5 heteroatoms. The van der Waals surface area contributed by atoms with Crippen LogP contribution in [0.5, 0.6) is 0 Å². The van der Waals surface area contributed by atoms with E-state index in [1.54, 1.807) is 13.8 Å². The topological polar surface area (TPSA) is 80.7 Å². The molecule has 0 spiro atoms. The highest BCUT2D eigenvalue weighted by molar-refractivity contribution is 6.19. The zero-order valence-corrected chi connectivity index (χ0v) is 10.4. The summed E-state index contributed by atoms with van der Waals surface area (Å²) in [7, 11) is 0. The molecule has 1 atom stereocenters. The van der Waals surface area contributed by atoms with Crippen LogP contribution in [0.4, 0.5) is 0 Å². The molecule has 0 aromatic rings. The second kappa shape index (κ2) is 7.60. The van der Waals surface area contributed by atoms with Gasteiger partial charge in [-0.1, -0.05) is 13.8 Å². The second-order valence-corrected chi connectivity index (χ2v) is 3.69. The van der Waals surface area contributed by atoms with Gasteiger partial charge in [-0.25, -0.2) is 9.59 Å². The van der Waals surface area contributed by atoms with Crippen LogP contribution in [0.15, 0.2) is 11.6 Å². The van der Waals surface area contributed by atoms with Crippen LogP contribution >= 0.6 is 0 Å². The molecule has 0 aliphatic carbocycles. The lowest BCUT2D eigenvalue weighted by molar-refractivity contribution is -0.145. The minimum atomic E-state index is -1.33. The zero-order valence-electron chi connectivity index (χ0n) is 10.4. The Labute approximate surface area is 100 Å². The van der Waals surface area contributed by atoms with Crippen molar-refractivity contribution in [2.45, 2.75) is 46.1 Å². The average molecular weight is 242 g/mol. The molecule has 1 unspecified atom stereocenters. The lowest BCUT2D eigenvalue weighted by atomic mass is 10.1. The second-order valence-electron chi connectivity index (χ2n) is 3.69. The Bertz CT molecular complexity index is 330. The summed E-state index contributed by atoms with van der Waals surface area (Å²) in [4.78, 5) is 33.7. The lowest BCUT2D eigenvalue weighted by Crippen LogP contribution is -2.21. The summed E-state index contributed by atoms with van der Waals surface area (Å²) in [5.74, 6) is -2.69. The molecule has 5 nitrogen and oxygen atoms in total. The van der Waals surface area contributed by atoms with E-state index in [1.165, 1.54) is 0 Å². The van der Waals surface area contributed by atoms with Crippen LogP contribution < -0.4 is 0 Å². The van der Waals surface area contributed by atoms with E-state index in [1.807, 2.05) is 6.92 Å². The molecule has 96 valence electrons. The SMILES string of the molecule is CCCC(=O)C(=CC(=O)O)C(=O)OC(C)CC. The summed E-state index contributed by atoms with van der Waals surface area (Å²) in [6.45, 7) is 5.28. The zero-order chi connectivity index (χ0) is 13.4. The van der Waals surface area contributed by atoms with Gasteiger partial charge in [-0.3, -0.25) is 4.79 Å². The van der Waals surface area contributed by atoms with E-state index in [9.17, 15) is 14.4 Å². The fourth-order valence-electron chi connectivity index (χ4n) is 1.07. The Kier molecular flexibility index (Phi) is 6.86. The lowest BCUT2D eigenvalue weighted by Gasteiger charge is -2.11. The van der Waals surface area contributed by atoms with Crippen LogP contribution in [0.3, 0.4) is 0 Å². The molecule has 0 radical (unpaired) electrons. The molecule has 0 amide bonds. The molecule has 1 N–H and O–H groups in total. The van der Waals surface area contributed by atoms with Crippen LogP contribution in [0, 0.1) is 0 Å². The van der Waals surface area contributed by atoms with Gasteiger partial charge >= 0.3 is 11.9 Å². The van der Waals surface area contributed by atoms with Crippen molar-refractivity contribution in [3.8, 4) is 0 Å². The highest BCUT2D eigenvalue weighted by Gasteiger charge is 2.21. The summed E-state index contributed by atoms with van der Waals surface area (Å²) in [5, 5.41) is 8.60. The maximum Gasteiger partial charge on any atom is 0.342 e. The Hall–Kier alpha value is -1.65. The van der Waals surface area contributed by atoms with E-state index in [-0.39, 0.29) is 18.1 Å². The first-order valence-corrected chi connectivity index (χ1v) is 5.61. The Morgan fingerprint density at radius 2 is 1.88 bits per heavy atom. The third-order valence-corrected chi connectivity index (χ3v) is 2.15. The highest BCUT2D eigenvalue weighted by atomic mass is 16.5. The molecule has 0 fully saturated rings. The summed E-state index contributed by atoms with van der Waals surface area (Å²) in [5.41, 5.74) is -0.389. The number of rotatable bonds is 7. The van der Waals surface area contributed by atoms with Crippen LogP contribution in [0.2, 0.25) is 0 Å². The maximum atomic E-state index is 11.6. The van der Waals surface area contributed by atoms with Crippen molar-refractivity contribution in [3.05, 3.63) is 11.6 Å². The van der Waals surface area contributed by atoms with E-state index in [2.05, 4.69) is 0 Å². The third-order valence-electron chi connectivity index (χ3n) is 2.15.